The number of carbonyl (C=O) groups excluding carboxylic acids is 1. The molecular weight excluding hydrogens is 480 g/mol. The van der Waals surface area contributed by atoms with Crippen LogP contribution in [0.5, 0.6) is 5.88 Å². The van der Waals surface area contributed by atoms with E-state index in [9.17, 15) is 4.79 Å². The molecule has 10 nitrogen and oxygen atoms in total. The molecule has 0 aliphatic carbocycles. The number of aryl methyl sites for hydroxylation is 1. The number of hydrogen-bond donors (Lipinski definition) is 3. The highest BCUT2D eigenvalue weighted by Gasteiger charge is 2.27. The van der Waals surface area contributed by atoms with Gasteiger partial charge in [0.25, 0.3) is 5.91 Å². The second-order valence-corrected chi connectivity index (χ2v) is 10.7. The van der Waals surface area contributed by atoms with Crippen molar-refractivity contribution in [2.24, 2.45) is 5.73 Å². The molecule has 38 heavy (non-hydrogen) atoms. The van der Waals surface area contributed by atoms with E-state index < -0.39 is 5.91 Å². The lowest BCUT2D eigenvalue weighted by atomic mass is 10.0. The zero-order valence-electron chi connectivity index (χ0n) is 22.8. The lowest BCUT2D eigenvalue weighted by Crippen LogP contribution is -2.52. The number of nitrogens with zero attached hydrogens (tertiary/aromatic N) is 5. The van der Waals surface area contributed by atoms with Gasteiger partial charge in [0.05, 0.1) is 0 Å². The fraction of sp³-hybridized carbons (Fsp3) is 0.607. The summed E-state index contributed by atoms with van der Waals surface area (Å²) in [5, 5.41) is 6.69. The summed E-state index contributed by atoms with van der Waals surface area (Å²) in [4.78, 5) is 28.9. The Morgan fingerprint density at radius 1 is 1.08 bits per heavy atom. The average molecular weight is 523 g/mol. The van der Waals surface area contributed by atoms with Crippen LogP contribution in [0.25, 0.3) is 0 Å². The molecule has 0 spiro atoms. The second-order valence-electron chi connectivity index (χ2n) is 10.7. The van der Waals surface area contributed by atoms with Gasteiger partial charge in [0.1, 0.15) is 12.3 Å². The highest BCUT2D eigenvalue weighted by molar-refractivity contribution is 5.96. The third-order valence-electron chi connectivity index (χ3n) is 8.10. The third kappa shape index (κ3) is 6.36. The van der Waals surface area contributed by atoms with Crippen LogP contribution < -0.4 is 26.0 Å². The van der Waals surface area contributed by atoms with Gasteiger partial charge in [-0.2, -0.15) is 4.98 Å². The highest BCUT2D eigenvalue weighted by atomic mass is 16.5. The number of likely N-dealkylation sites (N-methyl/N-ethyl adjacent to an activating group) is 1. The summed E-state index contributed by atoms with van der Waals surface area (Å²) >= 11 is 0. The number of piperidine rings is 1. The highest BCUT2D eigenvalue weighted by Crippen LogP contribution is 2.28. The van der Waals surface area contributed by atoms with E-state index in [-0.39, 0.29) is 5.69 Å². The number of nitrogens with two attached hydrogens (primary N) is 1. The van der Waals surface area contributed by atoms with Crippen molar-refractivity contribution in [2.75, 3.05) is 69.7 Å². The number of primary amides is 1. The lowest BCUT2D eigenvalue weighted by molar-refractivity contribution is 0.0982. The molecule has 1 aromatic heterocycles. The van der Waals surface area contributed by atoms with Crippen LogP contribution in [-0.2, 0) is 6.42 Å². The number of rotatable bonds is 9. The number of nitrogens with one attached hydrogen (secondary N) is 2. The summed E-state index contributed by atoms with van der Waals surface area (Å²) in [6, 6.07) is 9.29. The maximum absolute atomic E-state index is 12.2. The molecule has 3 saturated heterocycles. The van der Waals surface area contributed by atoms with Gasteiger partial charge in [-0.1, -0.05) is 6.92 Å². The fourth-order valence-electron chi connectivity index (χ4n) is 5.71. The summed E-state index contributed by atoms with van der Waals surface area (Å²) < 4.78 is 6.04. The van der Waals surface area contributed by atoms with Gasteiger partial charge in [-0.25, -0.2) is 4.98 Å². The van der Waals surface area contributed by atoms with Crippen molar-refractivity contribution in [3.63, 3.8) is 0 Å². The third-order valence-corrected chi connectivity index (χ3v) is 8.10. The molecule has 4 N–H and O–H groups in total. The van der Waals surface area contributed by atoms with Crippen molar-refractivity contribution in [3.05, 3.63) is 35.7 Å². The van der Waals surface area contributed by atoms with Gasteiger partial charge < -0.3 is 30.9 Å². The summed E-state index contributed by atoms with van der Waals surface area (Å²) in [5.41, 5.74) is 8.46. The molecule has 1 aromatic carbocycles. The predicted molar refractivity (Wildman–Crippen MR) is 150 cm³/mol. The molecule has 3 aliphatic rings. The molecular formula is C28H42N8O2. The van der Waals surface area contributed by atoms with Crippen LogP contribution in [0.1, 0.15) is 48.8 Å². The number of benzene rings is 1. The quantitative estimate of drug-likeness (QED) is 0.456. The molecule has 0 saturated carbocycles. The van der Waals surface area contributed by atoms with Gasteiger partial charge in [0.2, 0.25) is 5.88 Å². The Balaban J connectivity index is 1.23. The first-order valence-corrected chi connectivity index (χ1v) is 14.1. The fourth-order valence-corrected chi connectivity index (χ4v) is 5.71. The van der Waals surface area contributed by atoms with Crippen LogP contribution in [0.2, 0.25) is 0 Å². The maximum Gasteiger partial charge on any atom is 0.271 e. The number of hydrogen-bond acceptors (Lipinski definition) is 9. The van der Waals surface area contributed by atoms with Crippen molar-refractivity contribution in [2.45, 2.75) is 51.1 Å². The summed E-state index contributed by atoms with van der Waals surface area (Å²) in [6.45, 7) is 10.3. The second kappa shape index (κ2) is 12.3. The number of aromatic nitrogens is 2. The van der Waals surface area contributed by atoms with Crippen molar-refractivity contribution in [1.29, 1.82) is 0 Å². The Labute approximate surface area is 225 Å². The Morgan fingerprint density at radius 3 is 2.45 bits per heavy atom. The SMILES string of the molecule is CCc1nc(C(N)=O)c(Nc2ccc(N3CCC(N4CCN(C)CC4)CC3)cc2)nc1OCC1CCCN1. The molecule has 4 heterocycles. The number of ether oxygens (including phenoxy) is 1. The van der Waals surface area contributed by atoms with Crippen molar-refractivity contribution in [1.82, 2.24) is 25.1 Å². The van der Waals surface area contributed by atoms with Gasteiger partial charge in [-0.3, -0.25) is 9.69 Å². The topological polar surface area (TPSA) is 112 Å². The normalized spacial score (nSPS) is 21.5. The van der Waals surface area contributed by atoms with Gasteiger partial charge in [-0.15, -0.1) is 0 Å². The summed E-state index contributed by atoms with van der Waals surface area (Å²) in [7, 11) is 2.21. The molecule has 0 radical (unpaired) electrons. The first kappa shape index (κ1) is 26.6. The van der Waals surface area contributed by atoms with Gasteiger partial charge in [-0.05, 0) is 70.0 Å². The maximum atomic E-state index is 12.2. The Hall–Kier alpha value is -2.95. The molecule has 2 aromatic rings. The standard InChI is InChI=1S/C28H42N8O2/c1-3-24-28(38-19-21-5-4-12-30-21)33-27(25(32-24)26(29)37)31-20-6-8-22(9-7-20)35-13-10-23(11-14-35)36-17-15-34(2)16-18-36/h6-9,21,23,30H,3-5,10-19H2,1-2H3,(H2,29,37)(H,31,33). The Kier molecular flexibility index (Phi) is 8.61. The largest absolute Gasteiger partial charge is 0.475 e. The number of anilines is 3. The molecule has 10 heteroatoms. The van der Waals surface area contributed by atoms with Crippen LogP contribution in [-0.4, -0.2) is 97.2 Å². The van der Waals surface area contributed by atoms with E-state index in [2.05, 4.69) is 54.5 Å². The minimum Gasteiger partial charge on any atom is -0.475 e. The van der Waals surface area contributed by atoms with Crippen LogP contribution in [0.4, 0.5) is 17.2 Å². The van der Waals surface area contributed by atoms with E-state index in [1.54, 1.807) is 0 Å². The van der Waals surface area contributed by atoms with Crippen molar-refractivity contribution in [3.8, 4) is 5.88 Å². The van der Waals surface area contributed by atoms with Gasteiger partial charge in [0, 0.05) is 62.7 Å². The number of amides is 1. The number of piperazine rings is 1. The molecule has 1 unspecified atom stereocenters. The van der Waals surface area contributed by atoms with E-state index in [1.165, 1.54) is 44.7 Å². The average Bonchev–Trinajstić information content (AvgIpc) is 3.46. The molecule has 0 bridgehead atoms. The van der Waals surface area contributed by atoms with E-state index in [0.717, 1.165) is 38.2 Å². The van der Waals surface area contributed by atoms with E-state index in [0.29, 0.717) is 42.5 Å². The van der Waals surface area contributed by atoms with Gasteiger partial charge in [0.15, 0.2) is 11.5 Å². The predicted octanol–water partition coefficient (Wildman–Crippen LogP) is 2.23. The zero-order chi connectivity index (χ0) is 26.5. The van der Waals surface area contributed by atoms with Crippen molar-refractivity contribution < 1.29 is 9.53 Å². The lowest BCUT2D eigenvalue weighted by Gasteiger charge is -2.42. The molecule has 1 atom stereocenters. The first-order chi connectivity index (χ1) is 18.5. The van der Waals surface area contributed by atoms with E-state index in [4.69, 9.17) is 10.5 Å². The van der Waals surface area contributed by atoms with E-state index in [1.807, 2.05) is 19.1 Å². The molecule has 3 fully saturated rings. The minimum absolute atomic E-state index is 0.128. The minimum atomic E-state index is -0.612. The zero-order valence-corrected chi connectivity index (χ0v) is 22.8. The van der Waals surface area contributed by atoms with E-state index >= 15 is 0 Å². The smallest absolute Gasteiger partial charge is 0.271 e. The van der Waals surface area contributed by atoms with Gasteiger partial charge >= 0.3 is 0 Å². The molecule has 1 amide bonds. The van der Waals surface area contributed by atoms with Crippen LogP contribution in [0.3, 0.4) is 0 Å². The first-order valence-electron chi connectivity index (χ1n) is 14.1. The number of carbonyl (C=O) groups is 1. The molecule has 3 aliphatic heterocycles. The summed E-state index contributed by atoms with van der Waals surface area (Å²) in [6.07, 6.45) is 5.23. The Morgan fingerprint density at radius 2 is 1.82 bits per heavy atom. The monoisotopic (exact) mass is 522 g/mol. The molecule has 206 valence electrons. The van der Waals surface area contributed by atoms with Crippen LogP contribution in [0.15, 0.2) is 24.3 Å². The van der Waals surface area contributed by atoms with Crippen LogP contribution >= 0.6 is 0 Å². The summed E-state index contributed by atoms with van der Waals surface area (Å²) in [5.74, 6) is 0.164. The molecule has 5 rings (SSSR count). The Bertz CT molecular complexity index is 1070. The van der Waals surface area contributed by atoms with Crippen molar-refractivity contribution >= 4 is 23.1 Å². The van der Waals surface area contributed by atoms with Crippen LogP contribution in [0, 0.1) is 0 Å².